The molecule has 1 N–H and O–H groups in total. The Balaban J connectivity index is 2.06. The summed E-state index contributed by atoms with van der Waals surface area (Å²) in [6.07, 6.45) is 1.79. The lowest BCUT2D eigenvalue weighted by Gasteiger charge is -2.30. The van der Waals surface area contributed by atoms with Gasteiger partial charge in [-0.15, -0.1) is 0 Å². The molecule has 0 aromatic heterocycles. The summed E-state index contributed by atoms with van der Waals surface area (Å²) in [5.41, 5.74) is 4.37. The van der Waals surface area contributed by atoms with Crippen LogP contribution in [-0.4, -0.2) is 29.2 Å². The van der Waals surface area contributed by atoms with Crippen LogP contribution in [0.4, 0.5) is 0 Å². The van der Waals surface area contributed by atoms with Gasteiger partial charge in [-0.25, -0.2) is 0 Å². The summed E-state index contributed by atoms with van der Waals surface area (Å²) in [6.45, 7) is 7.11. The van der Waals surface area contributed by atoms with E-state index in [4.69, 9.17) is 0 Å². The highest BCUT2D eigenvalue weighted by Crippen LogP contribution is 2.22. The first-order chi connectivity index (χ1) is 7.70. The highest BCUT2D eigenvalue weighted by Gasteiger charge is 2.18. The SMILES string of the molecule is CC[C@H](O)CN1CCc2c(C)cccc2C1. The van der Waals surface area contributed by atoms with E-state index < -0.39 is 0 Å². The van der Waals surface area contributed by atoms with Gasteiger partial charge in [0.1, 0.15) is 0 Å². The van der Waals surface area contributed by atoms with Crippen molar-refractivity contribution >= 4 is 0 Å². The first-order valence-corrected chi connectivity index (χ1v) is 6.18. The summed E-state index contributed by atoms with van der Waals surface area (Å²) in [4.78, 5) is 2.36. The fraction of sp³-hybridized carbons (Fsp3) is 0.571. The van der Waals surface area contributed by atoms with Crippen LogP contribution in [0.3, 0.4) is 0 Å². The maximum absolute atomic E-state index is 9.67. The Bertz CT molecular complexity index is 362. The molecule has 0 amide bonds. The van der Waals surface area contributed by atoms with Gasteiger partial charge in [-0.2, -0.15) is 0 Å². The molecule has 0 fully saturated rings. The Morgan fingerprint density at radius 3 is 3.00 bits per heavy atom. The molecule has 2 heteroatoms. The molecule has 2 nitrogen and oxygen atoms in total. The lowest BCUT2D eigenvalue weighted by atomic mass is 9.95. The second-order valence-corrected chi connectivity index (χ2v) is 4.76. The molecule has 1 aromatic rings. The van der Waals surface area contributed by atoms with Crippen LogP contribution in [0.1, 0.15) is 30.0 Å². The number of hydrogen-bond acceptors (Lipinski definition) is 2. The number of fused-ring (bicyclic) bond motifs is 1. The van der Waals surface area contributed by atoms with E-state index in [9.17, 15) is 5.11 Å². The number of nitrogens with zero attached hydrogens (tertiary/aromatic N) is 1. The number of aryl methyl sites for hydroxylation is 1. The van der Waals surface area contributed by atoms with Crippen LogP contribution in [0.15, 0.2) is 18.2 Å². The summed E-state index contributed by atoms with van der Waals surface area (Å²) < 4.78 is 0. The monoisotopic (exact) mass is 219 g/mol. The molecule has 1 atom stereocenters. The van der Waals surface area contributed by atoms with E-state index in [1.54, 1.807) is 0 Å². The number of benzene rings is 1. The third kappa shape index (κ3) is 2.45. The summed E-state index contributed by atoms with van der Waals surface area (Å²) in [7, 11) is 0. The van der Waals surface area contributed by atoms with Crippen LogP contribution in [0.5, 0.6) is 0 Å². The summed E-state index contributed by atoms with van der Waals surface area (Å²) >= 11 is 0. The van der Waals surface area contributed by atoms with Gasteiger partial charge in [0.25, 0.3) is 0 Å². The lowest BCUT2D eigenvalue weighted by Crippen LogP contribution is -2.36. The molecule has 1 aliphatic rings. The van der Waals surface area contributed by atoms with Crippen molar-refractivity contribution in [1.29, 1.82) is 0 Å². The van der Waals surface area contributed by atoms with Gasteiger partial charge in [-0.1, -0.05) is 25.1 Å². The first-order valence-electron chi connectivity index (χ1n) is 6.18. The topological polar surface area (TPSA) is 23.5 Å². The molecule has 0 unspecified atom stereocenters. The Morgan fingerprint density at radius 1 is 1.44 bits per heavy atom. The molecule has 0 bridgehead atoms. The number of aliphatic hydroxyl groups is 1. The van der Waals surface area contributed by atoms with E-state index in [-0.39, 0.29) is 6.10 Å². The van der Waals surface area contributed by atoms with E-state index >= 15 is 0 Å². The molecule has 2 rings (SSSR count). The van der Waals surface area contributed by atoms with E-state index in [0.717, 1.165) is 32.5 Å². The van der Waals surface area contributed by atoms with Crippen molar-refractivity contribution in [2.75, 3.05) is 13.1 Å². The van der Waals surface area contributed by atoms with Gasteiger partial charge in [0, 0.05) is 19.6 Å². The van der Waals surface area contributed by atoms with Crippen LogP contribution < -0.4 is 0 Å². The lowest BCUT2D eigenvalue weighted by molar-refractivity contribution is 0.102. The summed E-state index contributed by atoms with van der Waals surface area (Å²) in [6, 6.07) is 6.54. The standard InChI is InChI=1S/C14H21NO/c1-3-13(16)10-15-8-7-14-11(2)5-4-6-12(14)9-15/h4-6,13,16H,3,7-10H2,1-2H3/t13-/m0/s1. The predicted octanol–water partition coefficient (Wildman–Crippen LogP) is 2.12. The van der Waals surface area contributed by atoms with Gasteiger partial charge >= 0.3 is 0 Å². The molecule has 0 spiro atoms. The number of rotatable bonds is 3. The second kappa shape index (κ2) is 4.98. The molecule has 0 saturated heterocycles. The number of β-amino-alcohol motifs (C(OH)–C–C–N with tert-alkyl or cyclic N) is 1. The van der Waals surface area contributed by atoms with Crippen molar-refractivity contribution in [2.45, 2.75) is 39.3 Å². The highest BCUT2D eigenvalue weighted by molar-refractivity contribution is 5.36. The van der Waals surface area contributed by atoms with Crippen LogP contribution in [-0.2, 0) is 13.0 Å². The van der Waals surface area contributed by atoms with Gasteiger partial charge in [0.15, 0.2) is 0 Å². The van der Waals surface area contributed by atoms with Gasteiger partial charge in [-0.05, 0) is 36.5 Å². The molecule has 1 aromatic carbocycles. The molecule has 0 aliphatic carbocycles. The third-order valence-electron chi connectivity index (χ3n) is 3.52. The van der Waals surface area contributed by atoms with Gasteiger partial charge < -0.3 is 5.11 Å². The van der Waals surface area contributed by atoms with Gasteiger partial charge in [-0.3, -0.25) is 4.90 Å². The average molecular weight is 219 g/mol. The van der Waals surface area contributed by atoms with Crippen molar-refractivity contribution in [1.82, 2.24) is 4.90 Å². The largest absolute Gasteiger partial charge is 0.392 e. The fourth-order valence-electron chi connectivity index (χ4n) is 2.44. The van der Waals surface area contributed by atoms with Gasteiger partial charge in [0.2, 0.25) is 0 Å². The van der Waals surface area contributed by atoms with Crippen molar-refractivity contribution < 1.29 is 5.11 Å². The molecule has 16 heavy (non-hydrogen) atoms. The van der Waals surface area contributed by atoms with E-state index in [0.29, 0.717) is 0 Å². The number of aliphatic hydroxyl groups excluding tert-OH is 1. The minimum Gasteiger partial charge on any atom is -0.392 e. The summed E-state index contributed by atoms with van der Waals surface area (Å²) in [5, 5.41) is 9.67. The Kier molecular flexibility index (Phi) is 3.62. The van der Waals surface area contributed by atoms with Crippen LogP contribution in [0.25, 0.3) is 0 Å². The van der Waals surface area contributed by atoms with E-state index in [2.05, 4.69) is 30.0 Å². The zero-order valence-corrected chi connectivity index (χ0v) is 10.2. The Hall–Kier alpha value is -0.860. The molecular weight excluding hydrogens is 198 g/mol. The summed E-state index contributed by atoms with van der Waals surface area (Å²) in [5.74, 6) is 0. The molecule has 1 heterocycles. The minimum atomic E-state index is -0.175. The van der Waals surface area contributed by atoms with Crippen molar-refractivity contribution in [3.63, 3.8) is 0 Å². The van der Waals surface area contributed by atoms with Crippen LogP contribution >= 0.6 is 0 Å². The van der Waals surface area contributed by atoms with Crippen LogP contribution in [0, 0.1) is 6.92 Å². The quantitative estimate of drug-likeness (QED) is 0.841. The van der Waals surface area contributed by atoms with Crippen molar-refractivity contribution in [3.05, 3.63) is 34.9 Å². The average Bonchev–Trinajstić information content (AvgIpc) is 2.29. The predicted molar refractivity (Wildman–Crippen MR) is 66.5 cm³/mol. The Morgan fingerprint density at radius 2 is 2.25 bits per heavy atom. The maximum atomic E-state index is 9.67. The molecule has 0 radical (unpaired) electrons. The third-order valence-corrected chi connectivity index (χ3v) is 3.52. The molecule has 1 aliphatic heterocycles. The van der Waals surface area contributed by atoms with Crippen LogP contribution in [0.2, 0.25) is 0 Å². The minimum absolute atomic E-state index is 0.175. The van der Waals surface area contributed by atoms with Gasteiger partial charge in [0.05, 0.1) is 6.10 Å². The Labute approximate surface area is 97.9 Å². The van der Waals surface area contributed by atoms with E-state index in [1.165, 1.54) is 16.7 Å². The van der Waals surface area contributed by atoms with E-state index in [1.807, 2.05) is 6.92 Å². The van der Waals surface area contributed by atoms with Crippen molar-refractivity contribution in [2.24, 2.45) is 0 Å². The number of hydrogen-bond donors (Lipinski definition) is 1. The smallest absolute Gasteiger partial charge is 0.0664 e. The molecular formula is C14H21NO. The highest BCUT2D eigenvalue weighted by atomic mass is 16.3. The second-order valence-electron chi connectivity index (χ2n) is 4.76. The van der Waals surface area contributed by atoms with Crippen molar-refractivity contribution in [3.8, 4) is 0 Å². The maximum Gasteiger partial charge on any atom is 0.0664 e. The normalized spacial score (nSPS) is 18.2. The molecule has 0 saturated carbocycles. The molecule has 88 valence electrons. The zero-order chi connectivity index (χ0) is 11.5. The fourth-order valence-corrected chi connectivity index (χ4v) is 2.44. The zero-order valence-electron chi connectivity index (χ0n) is 10.2. The first kappa shape index (κ1) is 11.6.